The van der Waals surface area contributed by atoms with Gasteiger partial charge < -0.3 is 29.6 Å². The standard InChI is InChI=1S/C16H23ClN5O4PS2/c1-3-25-27(28,26-4-2)29-6-16-5-8(16)10(11(23)12(16)24)22-7-19-9-13(18)20-15(17)21-14(9)22/h7-8,10-12,23-24H,3-6H2,1-2H3,(H2,18,20,21)/t8-,10-,11+,12+,16?/m1/s1. The van der Waals surface area contributed by atoms with Crippen LogP contribution < -0.4 is 5.73 Å². The molecule has 0 spiro atoms. The van der Waals surface area contributed by atoms with Crippen LogP contribution >= 0.6 is 28.7 Å². The Balaban J connectivity index is 1.60. The molecule has 4 N–H and O–H groups in total. The average Bonchev–Trinajstić information content (AvgIpc) is 3.16. The van der Waals surface area contributed by atoms with E-state index in [2.05, 4.69) is 15.0 Å². The Morgan fingerprint density at radius 1 is 1.38 bits per heavy atom. The van der Waals surface area contributed by atoms with Crippen molar-refractivity contribution in [2.75, 3.05) is 24.7 Å². The van der Waals surface area contributed by atoms with Crippen LogP contribution in [0.25, 0.3) is 11.2 Å². The molecule has 2 aliphatic rings. The highest BCUT2D eigenvalue weighted by molar-refractivity contribution is 8.67. The topological polar surface area (TPSA) is 129 Å². The van der Waals surface area contributed by atoms with Crippen molar-refractivity contribution in [3.63, 3.8) is 0 Å². The van der Waals surface area contributed by atoms with Crippen molar-refractivity contribution in [1.82, 2.24) is 19.5 Å². The lowest BCUT2D eigenvalue weighted by Crippen LogP contribution is -2.35. The highest BCUT2D eigenvalue weighted by atomic mass is 35.5. The van der Waals surface area contributed by atoms with Gasteiger partial charge in [-0.15, -0.1) is 0 Å². The van der Waals surface area contributed by atoms with E-state index in [0.717, 1.165) is 6.42 Å². The first kappa shape index (κ1) is 21.7. The molecule has 2 aromatic heterocycles. The second-order valence-corrected chi connectivity index (χ2v) is 13.9. The summed E-state index contributed by atoms with van der Waals surface area (Å²) in [5, 5.41) is 21.7. The van der Waals surface area contributed by atoms with Gasteiger partial charge in [0.2, 0.25) is 11.0 Å². The lowest BCUT2D eigenvalue weighted by atomic mass is 10.0. The molecule has 2 aliphatic carbocycles. The molecule has 2 aromatic rings. The summed E-state index contributed by atoms with van der Waals surface area (Å²) < 4.78 is 13.1. The van der Waals surface area contributed by atoms with Crippen LogP contribution in [0.15, 0.2) is 6.33 Å². The number of aromatic nitrogens is 4. The monoisotopic (exact) mass is 479 g/mol. The molecule has 29 heavy (non-hydrogen) atoms. The van der Waals surface area contributed by atoms with Crippen LogP contribution in [-0.2, 0) is 20.9 Å². The molecule has 160 valence electrons. The summed E-state index contributed by atoms with van der Waals surface area (Å²) in [7, 11) is 0. The van der Waals surface area contributed by atoms with Crippen molar-refractivity contribution < 1.29 is 19.3 Å². The third-order valence-electron chi connectivity index (χ3n) is 5.66. The zero-order valence-electron chi connectivity index (χ0n) is 15.9. The van der Waals surface area contributed by atoms with E-state index >= 15 is 0 Å². The first-order chi connectivity index (χ1) is 13.8. The van der Waals surface area contributed by atoms with E-state index in [1.165, 1.54) is 11.4 Å². The van der Waals surface area contributed by atoms with Gasteiger partial charge in [-0.1, -0.05) is 11.4 Å². The molecule has 0 aromatic carbocycles. The Bertz CT molecular complexity index is 970. The molecule has 0 amide bonds. The molecule has 4 rings (SSSR count). The fraction of sp³-hybridized carbons (Fsp3) is 0.688. The van der Waals surface area contributed by atoms with Crippen LogP contribution in [0.4, 0.5) is 5.82 Å². The molecule has 2 heterocycles. The van der Waals surface area contributed by atoms with E-state index in [1.54, 1.807) is 10.9 Å². The minimum atomic E-state index is -2.48. The molecule has 1 unspecified atom stereocenters. The number of rotatable bonds is 8. The second-order valence-electron chi connectivity index (χ2n) is 7.23. The number of hydrogen-bond acceptors (Lipinski definition) is 10. The van der Waals surface area contributed by atoms with Crippen molar-refractivity contribution >= 4 is 57.5 Å². The number of hydrogen-bond donors (Lipinski definition) is 3. The minimum absolute atomic E-state index is 0.0107. The third-order valence-corrected chi connectivity index (χ3v) is 11.5. The highest BCUT2D eigenvalue weighted by Crippen LogP contribution is 2.72. The molecular weight excluding hydrogens is 457 g/mol. The predicted molar refractivity (Wildman–Crippen MR) is 116 cm³/mol. The fourth-order valence-corrected chi connectivity index (χ4v) is 9.59. The number of halogens is 1. The summed E-state index contributed by atoms with van der Waals surface area (Å²) >= 11 is 13.0. The van der Waals surface area contributed by atoms with Gasteiger partial charge in [0, 0.05) is 11.2 Å². The van der Waals surface area contributed by atoms with Crippen LogP contribution in [0.1, 0.15) is 26.3 Å². The number of nitrogens with zero attached hydrogens (tertiary/aromatic N) is 4. The molecule has 13 heteroatoms. The van der Waals surface area contributed by atoms with Gasteiger partial charge in [-0.2, -0.15) is 9.97 Å². The van der Waals surface area contributed by atoms with Gasteiger partial charge in [-0.05, 0) is 49.6 Å². The lowest BCUT2D eigenvalue weighted by Gasteiger charge is -2.26. The summed E-state index contributed by atoms with van der Waals surface area (Å²) in [6.45, 7) is 4.70. The average molecular weight is 480 g/mol. The number of nitrogens with two attached hydrogens (primary N) is 1. The quantitative estimate of drug-likeness (QED) is 0.383. The maximum absolute atomic E-state index is 10.9. The number of nitrogen functional groups attached to an aromatic ring is 1. The fourth-order valence-electron chi connectivity index (χ4n) is 4.28. The van der Waals surface area contributed by atoms with Gasteiger partial charge in [-0.3, -0.25) is 0 Å². The van der Waals surface area contributed by atoms with E-state index in [1.807, 2.05) is 13.8 Å². The zero-order valence-corrected chi connectivity index (χ0v) is 19.2. The molecule has 0 radical (unpaired) electrons. The number of imidazole rings is 1. The van der Waals surface area contributed by atoms with Crippen molar-refractivity contribution in [1.29, 1.82) is 0 Å². The van der Waals surface area contributed by atoms with E-state index in [-0.39, 0.29) is 17.0 Å². The van der Waals surface area contributed by atoms with E-state index in [4.69, 9.17) is 38.2 Å². The van der Waals surface area contributed by atoms with Crippen LogP contribution in [0.3, 0.4) is 0 Å². The van der Waals surface area contributed by atoms with Crippen LogP contribution in [0, 0.1) is 11.3 Å². The van der Waals surface area contributed by atoms with Crippen molar-refractivity contribution in [2.45, 2.75) is 38.5 Å². The first-order valence-electron chi connectivity index (χ1n) is 9.31. The third kappa shape index (κ3) is 3.59. The summed E-state index contributed by atoms with van der Waals surface area (Å²) in [4.78, 5) is 12.4. The van der Waals surface area contributed by atoms with Crippen molar-refractivity contribution in [3.8, 4) is 0 Å². The molecule has 5 atom stereocenters. The summed E-state index contributed by atoms with van der Waals surface area (Å²) in [6.07, 6.45) is 0.450. The number of anilines is 1. The molecule has 2 saturated carbocycles. The lowest BCUT2D eigenvalue weighted by molar-refractivity contribution is -0.0126. The molecule has 0 saturated heterocycles. The predicted octanol–water partition coefficient (Wildman–Crippen LogP) is 2.38. The van der Waals surface area contributed by atoms with E-state index in [9.17, 15) is 10.2 Å². The Hall–Kier alpha value is -0.520. The second kappa shape index (κ2) is 7.87. The summed E-state index contributed by atoms with van der Waals surface area (Å²) in [5.41, 5.74) is 3.83. The summed E-state index contributed by atoms with van der Waals surface area (Å²) in [6, 6.07) is -0.391. The Morgan fingerprint density at radius 2 is 2.07 bits per heavy atom. The maximum Gasteiger partial charge on any atom is 0.247 e. The van der Waals surface area contributed by atoms with Gasteiger partial charge in [0.1, 0.15) is 11.6 Å². The SMILES string of the molecule is CCOP(=S)(OCC)SCC12C[C@@H]1[C@@H](n1cnc3c(N)nc(Cl)nc31)[C@H](O)[C@@H]2O. The largest absolute Gasteiger partial charge is 0.390 e. The number of aliphatic hydroxyl groups is 2. The van der Waals surface area contributed by atoms with Crippen LogP contribution in [0.2, 0.25) is 5.28 Å². The van der Waals surface area contributed by atoms with E-state index < -0.39 is 29.4 Å². The minimum Gasteiger partial charge on any atom is -0.390 e. The molecular formula is C16H23ClN5O4PS2. The van der Waals surface area contributed by atoms with Crippen molar-refractivity contribution in [2.24, 2.45) is 11.3 Å². The maximum atomic E-state index is 10.9. The van der Waals surface area contributed by atoms with Crippen LogP contribution in [0.5, 0.6) is 0 Å². The zero-order chi connectivity index (χ0) is 21.0. The molecule has 0 aliphatic heterocycles. The molecule has 0 bridgehead atoms. The van der Waals surface area contributed by atoms with E-state index in [0.29, 0.717) is 30.1 Å². The van der Waals surface area contributed by atoms with Gasteiger partial charge >= 0.3 is 0 Å². The van der Waals surface area contributed by atoms with Gasteiger partial charge in [0.25, 0.3) is 0 Å². The molecule has 9 nitrogen and oxygen atoms in total. The van der Waals surface area contributed by atoms with Crippen molar-refractivity contribution in [3.05, 3.63) is 11.6 Å². The Kier molecular flexibility index (Phi) is 5.89. The van der Waals surface area contributed by atoms with Crippen LogP contribution in [-0.4, -0.2) is 60.9 Å². The van der Waals surface area contributed by atoms with Gasteiger partial charge in [-0.25, -0.2) is 4.98 Å². The number of fused-ring (bicyclic) bond motifs is 2. The summed E-state index contributed by atoms with van der Waals surface area (Å²) in [5.74, 6) is 0.770. The Labute approximate surface area is 182 Å². The number of aliphatic hydroxyl groups excluding tert-OH is 2. The normalized spacial score (nSPS) is 31.3. The highest BCUT2D eigenvalue weighted by Gasteiger charge is 2.71. The van der Waals surface area contributed by atoms with Gasteiger partial charge in [0.05, 0.1) is 31.7 Å². The Morgan fingerprint density at radius 3 is 2.72 bits per heavy atom. The van der Waals surface area contributed by atoms with Gasteiger partial charge in [0.15, 0.2) is 11.5 Å². The first-order valence-corrected chi connectivity index (χ1v) is 13.9. The molecule has 2 fully saturated rings. The smallest absolute Gasteiger partial charge is 0.247 e.